The Kier molecular flexibility index (Phi) is 34.1. The van der Waals surface area contributed by atoms with Crippen molar-refractivity contribution in [1.29, 1.82) is 0 Å². The summed E-state index contributed by atoms with van der Waals surface area (Å²) in [6, 6.07) is -0.822. The Morgan fingerprint density at radius 3 is 1.67 bits per heavy atom. The summed E-state index contributed by atoms with van der Waals surface area (Å²) in [7, 11) is 1.27. The number of hydrogen-bond donors (Lipinski definition) is 2. The number of amides is 1. The van der Waals surface area contributed by atoms with Gasteiger partial charge in [0.15, 0.2) is 0 Å². The molecule has 0 saturated carbocycles. The van der Waals surface area contributed by atoms with E-state index in [0.29, 0.717) is 30.3 Å². The van der Waals surface area contributed by atoms with Crippen LogP contribution in [0.15, 0.2) is 48.6 Å². The monoisotopic (exact) mass is 753 g/mol. The number of aliphatic hydroxyl groups is 1. The Hall–Kier alpha value is -1.54. The van der Waals surface area contributed by atoms with Gasteiger partial charge < -0.3 is 28.8 Å². The van der Waals surface area contributed by atoms with Crippen molar-refractivity contribution in [2.45, 2.75) is 180 Å². The van der Waals surface area contributed by atoms with Gasteiger partial charge in [0.25, 0.3) is 7.82 Å². The fourth-order valence-electron chi connectivity index (χ4n) is 5.73. The Balaban J connectivity index is 4.49. The molecule has 3 atom stereocenters. The number of unbranched alkanes of at least 4 members (excludes halogenated alkanes) is 16. The van der Waals surface area contributed by atoms with E-state index in [1.54, 1.807) is 0 Å². The predicted molar refractivity (Wildman–Crippen MR) is 219 cm³/mol. The molecule has 3 unspecified atom stereocenters. The zero-order valence-electron chi connectivity index (χ0n) is 34.2. The smallest absolute Gasteiger partial charge is 0.268 e. The zero-order chi connectivity index (χ0) is 38.6. The molecule has 0 aliphatic heterocycles. The lowest BCUT2D eigenvalue weighted by Gasteiger charge is -2.30. The maximum absolute atomic E-state index is 12.8. The van der Waals surface area contributed by atoms with Gasteiger partial charge in [0.1, 0.15) is 13.2 Å². The average Bonchev–Trinajstić information content (AvgIpc) is 3.09. The molecule has 0 aromatic heterocycles. The molecule has 0 heterocycles. The van der Waals surface area contributed by atoms with E-state index in [9.17, 15) is 19.4 Å². The first-order valence-electron chi connectivity index (χ1n) is 21.0. The number of quaternary nitrogens is 1. The first kappa shape index (κ1) is 50.5. The van der Waals surface area contributed by atoms with E-state index in [1.165, 1.54) is 77.0 Å². The number of allylic oxidation sites excluding steroid dienone is 8. The highest BCUT2D eigenvalue weighted by molar-refractivity contribution is 7.45. The van der Waals surface area contributed by atoms with Crippen LogP contribution in [0.25, 0.3) is 0 Å². The standard InChI is InChI=1S/C43H81N2O6P/c1-6-8-10-12-14-16-18-20-22-24-26-28-30-32-34-36-42(46)41(40-51-52(48,49)50-39-38-45(3,4)5)44-43(47)37-35-33-31-29-27-25-23-21-19-17-15-13-11-9-7-2/h9,11,15,17,21,23,27,29,41-42,46H,6-8,10,12-14,16,18-20,22,24-26,28,30-40H2,1-5H3,(H-,44,47,48,49)/b11-9-,17-15-,23-21-,29-27-. The van der Waals surface area contributed by atoms with Crippen molar-refractivity contribution in [2.75, 3.05) is 40.9 Å². The molecular weight excluding hydrogens is 671 g/mol. The number of phosphoric ester groups is 1. The van der Waals surface area contributed by atoms with Crippen LogP contribution in [0.3, 0.4) is 0 Å². The van der Waals surface area contributed by atoms with Crippen LogP contribution in [-0.4, -0.2) is 68.5 Å². The van der Waals surface area contributed by atoms with E-state index in [-0.39, 0.29) is 19.1 Å². The number of phosphoric acid groups is 1. The minimum absolute atomic E-state index is 0.00224. The second-order valence-corrected chi connectivity index (χ2v) is 16.7. The lowest BCUT2D eigenvalue weighted by molar-refractivity contribution is -0.870. The van der Waals surface area contributed by atoms with Crippen molar-refractivity contribution < 1.29 is 32.9 Å². The SMILES string of the molecule is CC/C=C\C/C=C\C/C=C\C/C=C\CCCCC(=O)NC(COP(=O)([O-])OCC[N+](C)(C)C)C(O)CCCCCCCCCCCCCCCCC. The number of nitrogens with zero attached hydrogens (tertiary/aromatic N) is 1. The second-order valence-electron chi connectivity index (χ2n) is 15.3. The minimum Gasteiger partial charge on any atom is -0.756 e. The first-order valence-corrected chi connectivity index (χ1v) is 22.4. The summed E-state index contributed by atoms with van der Waals surface area (Å²) in [5.74, 6) is -0.207. The molecule has 2 N–H and O–H groups in total. The minimum atomic E-state index is -4.57. The fourth-order valence-corrected chi connectivity index (χ4v) is 6.46. The highest BCUT2D eigenvalue weighted by Crippen LogP contribution is 2.38. The van der Waals surface area contributed by atoms with Gasteiger partial charge in [-0.3, -0.25) is 9.36 Å². The van der Waals surface area contributed by atoms with Crippen molar-refractivity contribution >= 4 is 13.7 Å². The topological polar surface area (TPSA) is 108 Å². The van der Waals surface area contributed by atoms with Crippen molar-refractivity contribution in [1.82, 2.24) is 5.32 Å². The molecule has 0 aromatic carbocycles. The summed E-state index contributed by atoms with van der Waals surface area (Å²) >= 11 is 0. The van der Waals surface area contributed by atoms with E-state index >= 15 is 0 Å². The van der Waals surface area contributed by atoms with Gasteiger partial charge in [-0.25, -0.2) is 0 Å². The lowest BCUT2D eigenvalue weighted by atomic mass is 10.0. The average molecular weight is 753 g/mol. The van der Waals surface area contributed by atoms with Crippen LogP contribution in [0.1, 0.15) is 168 Å². The number of aliphatic hydroxyl groups excluding tert-OH is 1. The number of carbonyl (C=O) groups excluding carboxylic acids is 1. The van der Waals surface area contributed by atoms with E-state index < -0.39 is 20.0 Å². The largest absolute Gasteiger partial charge is 0.756 e. The molecule has 0 radical (unpaired) electrons. The molecule has 1 amide bonds. The molecule has 8 nitrogen and oxygen atoms in total. The van der Waals surface area contributed by atoms with E-state index in [4.69, 9.17) is 9.05 Å². The van der Waals surface area contributed by atoms with Crippen LogP contribution in [0.5, 0.6) is 0 Å². The molecule has 0 spiro atoms. The summed E-state index contributed by atoms with van der Waals surface area (Å²) < 4.78 is 23.2. The highest BCUT2D eigenvalue weighted by Gasteiger charge is 2.24. The predicted octanol–water partition coefficient (Wildman–Crippen LogP) is 10.7. The molecule has 0 aliphatic rings. The van der Waals surface area contributed by atoms with Crippen LogP contribution in [0, 0.1) is 0 Å². The fraction of sp³-hybridized carbons (Fsp3) is 0.791. The highest BCUT2D eigenvalue weighted by atomic mass is 31.2. The third kappa shape index (κ3) is 36.8. The molecule has 0 bridgehead atoms. The molecule has 304 valence electrons. The molecule has 0 aromatic rings. The number of hydrogen-bond acceptors (Lipinski definition) is 6. The third-order valence-electron chi connectivity index (χ3n) is 9.08. The van der Waals surface area contributed by atoms with Crippen LogP contribution in [0.4, 0.5) is 0 Å². The molecule has 0 saturated heterocycles. The third-order valence-corrected chi connectivity index (χ3v) is 10.0. The maximum atomic E-state index is 12.8. The molecule has 52 heavy (non-hydrogen) atoms. The second kappa shape index (κ2) is 35.2. The Morgan fingerprint density at radius 2 is 1.17 bits per heavy atom. The summed E-state index contributed by atoms with van der Waals surface area (Å²) in [5.41, 5.74) is 0. The number of carbonyl (C=O) groups is 1. The van der Waals surface area contributed by atoms with Crippen LogP contribution in [-0.2, 0) is 18.4 Å². The quantitative estimate of drug-likeness (QED) is 0.0283. The number of likely N-dealkylation sites (N-methyl/N-ethyl adjacent to an activating group) is 1. The van der Waals surface area contributed by atoms with Crippen LogP contribution in [0.2, 0.25) is 0 Å². The van der Waals surface area contributed by atoms with E-state index in [0.717, 1.165) is 57.8 Å². The van der Waals surface area contributed by atoms with Crippen LogP contribution >= 0.6 is 7.82 Å². The van der Waals surface area contributed by atoms with Crippen molar-refractivity contribution in [3.8, 4) is 0 Å². The van der Waals surface area contributed by atoms with Gasteiger partial charge in [-0.15, -0.1) is 0 Å². The van der Waals surface area contributed by atoms with E-state index in [1.807, 2.05) is 21.1 Å². The Labute approximate surface area is 320 Å². The van der Waals surface area contributed by atoms with Crippen molar-refractivity contribution in [3.63, 3.8) is 0 Å². The Morgan fingerprint density at radius 1 is 0.692 bits per heavy atom. The molecular formula is C43H81N2O6P. The van der Waals surface area contributed by atoms with Gasteiger partial charge in [-0.1, -0.05) is 159 Å². The van der Waals surface area contributed by atoms with E-state index in [2.05, 4.69) is 67.8 Å². The number of rotatable bonds is 37. The van der Waals surface area contributed by atoms with Gasteiger partial charge in [0, 0.05) is 6.42 Å². The van der Waals surface area contributed by atoms with Gasteiger partial charge in [0.2, 0.25) is 5.91 Å². The van der Waals surface area contributed by atoms with Gasteiger partial charge in [-0.05, 0) is 51.4 Å². The summed E-state index contributed by atoms with van der Waals surface area (Å²) in [4.78, 5) is 25.2. The molecule has 0 fully saturated rings. The molecule has 0 rings (SSSR count). The van der Waals surface area contributed by atoms with Crippen molar-refractivity contribution in [3.05, 3.63) is 48.6 Å². The first-order chi connectivity index (χ1) is 25.0. The summed E-state index contributed by atoms with van der Waals surface area (Å²) in [5, 5.41) is 13.8. The van der Waals surface area contributed by atoms with Gasteiger partial charge in [0.05, 0.1) is 39.9 Å². The van der Waals surface area contributed by atoms with Crippen molar-refractivity contribution in [2.24, 2.45) is 0 Å². The summed E-state index contributed by atoms with van der Waals surface area (Å²) in [6.07, 6.45) is 42.6. The Bertz CT molecular complexity index is 991. The van der Waals surface area contributed by atoms with Gasteiger partial charge >= 0.3 is 0 Å². The zero-order valence-corrected chi connectivity index (χ0v) is 35.1. The molecule has 9 heteroatoms. The lowest BCUT2D eigenvalue weighted by Crippen LogP contribution is -2.46. The maximum Gasteiger partial charge on any atom is 0.268 e. The molecule has 0 aliphatic carbocycles. The van der Waals surface area contributed by atoms with Crippen LogP contribution < -0.4 is 10.2 Å². The van der Waals surface area contributed by atoms with Gasteiger partial charge in [-0.2, -0.15) is 0 Å². The number of nitrogens with one attached hydrogen (secondary N) is 1. The summed E-state index contributed by atoms with van der Waals surface area (Å²) in [6.45, 7) is 4.55. The normalized spacial score (nSPS) is 15.0.